The summed E-state index contributed by atoms with van der Waals surface area (Å²) in [7, 11) is 0. The number of nitrogens with one attached hydrogen (secondary N) is 1. The number of nitrogens with zero attached hydrogens (tertiary/aromatic N) is 3. The molecule has 100 valence electrons. The molecule has 0 radical (unpaired) electrons. The molecule has 1 N–H and O–H groups in total. The van der Waals surface area contributed by atoms with Crippen LogP contribution in [0.3, 0.4) is 0 Å². The second-order valence-electron chi connectivity index (χ2n) is 5.49. The molecule has 1 aromatic rings. The molecule has 1 aliphatic rings. The Balaban J connectivity index is 2.16. The topological polar surface area (TPSA) is 41.1 Å². The summed E-state index contributed by atoms with van der Waals surface area (Å²) in [5.74, 6) is 3.34. The highest BCUT2D eigenvalue weighted by atomic mass is 15.2. The normalized spacial score (nSPS) is 23.4. The molecule has 2 heterocycles. The molecular formula is C14H24N4. The number of hydrogen-bond acceptors (Lipinski definition) is 4. The summed E-state index contributed by atoms with van der Waals surface area (Å²) in [4.78, 5) is 11.4. The van der Waals surface area contributed by atoms with Crippen LogP contribution in [-0.4, -0.2) is 29.6 Å². The van der Waals surface area contributed by atoms with Crippen LogP contribution >= 0.6 is 0 Å². The molecule has 1 aliphatic heterocycles. The molecule has 0 aromatic carbocycles. The van der Waals surface area contributed by atoms with Crippen molar-refractivity contribution in [2.45, 2.75) is 34.1 Å². The van der Waals surface area contributed by atoms with Crippen molar-refractivity contribution >= 4 is 11.8 Å². The Hall–Kier alpha value is -1.32. The maximum Gasteiger partial charge on any atom is 0.224 e. The van der Waals surface area contributed by atoms with Gasteiger partial charge in [-0.15, -0.1) is 0 Å². The molecule has 1 fully saturated rings. The predicted octanol–water partition coefficient (Wildman–Crippen LogP) is 2.70. The highest BCUT2D eigenvalue weighted by molar-refractivity contribution is 5.49. The van der Waals surface area contributed by atoms with Crippen LogP contribution in [0.25, 0.3) is 0 Å². The van der Waals surface area contributed by atoms with Gasteiger partial charge in [-0.3, -0.25) is 0 Å². The first-order chi connectivity index (χ1) is 8.61. The SMILES string of the molecule is CCCNc1ncc(C)c(N2CC(C)C(C)C2)n1. The zero-order valence-corrected chi connectivity index (χ0v) is 11.9. The Morgan fingerprint density at radius 1 is 1.33 bits per heavy atom. The molecular weight excluding hydrogens is 224 g/mol. The van der Waals surface area contributed by atoms with Crippen LogP contribution in [0.1, 0.15) is 32.8 Å². The van der Waals surface area contributed by atoms with Crippen molar-refractivity contribution in [1.82, 2.24) is 9.97 Å². The second-order valence-corrected chi connectivity index (χ2v) is 5.49. The van der Waals surface area contributed by atoms with Gasteiger partial charge in [-0.2, -0.15) is 4.98 Å². The van der Waals surface area contributed by atoms with Gasteiger partial charge >= 0.3 is 0 Å². The summed E-state index contributed by atoms with van der Waals surface area (Å²) in [5.41, 5.74) is 1.17. The quantitative estimate of drug-likeness (QED) is 0.889. The molecule has 1 aromatic heterocycles. The molecule has 2 atom stereocenters. The average Bonchev–Trinajstić information content (AvgIpc) is 2.68. The summed E-state index contributed by atoms with van der Waals surface area (Å²) in [6, 6.07) is 0. The van der Waals surface area contributed by atoms with Crippen molar-refractivity contribution < 1.29 is 0 Å². The smallest absolute Gasteiger partial charge is 0.224 e. The number of aromatic nitrogens is 2. The largest absolute Gasteiger partial charge is 0.356 e. The minimum absolute atomic E-state index is 0.742. The lowest BCUT2D eigenvalue weighted by Crippen LogP contribution is -2.22. The van der Waals surface area contributed by atoms with Gasteiger partial charge < -0.3 is 10.2 Å². The van der Waals surface area contributed by atoms with Gasteiger partial charge in [0.05, 0.1) is 0 Å². The summed E-state index contributed by atoms with van der Waals surface area (Å²) in [5, 5.41) is 3.26. The van der Waals surface area contributed by atoms with Crippen LogP contribution in [0.2, 0.25) is 0 Å². The monoisotopic (exact) mass is 248 g/mol. The van der Waals surface area contributed by atoms with Gasteiger partial charge in [0.15, 0.2) is 0 Å². The van der Waals surface area contributed by atoms with Crippen molar-refractivity contribution in [3.05, 3.63) is 11.8 Å². The summed E-state index contributed by atoms with van der Waals surface area (Å²) in [6.07, 6.45) is 3.01. The molecule has 2 rings (SSSR count). The van der Waals surface area contributed by atoms with E-state index in [-0.39, 0.29) is 0 Å². The van der Waals surface area contributed by atoms with Crippen LogP contribution in [0.5, 0.6) is 0 Å². The van der Waals surface area contributed by atoms with Crippen molar-refractivity contribution in [2.75, 3.05) is 29.9 Å². The molecule has 0 spiro atoms. The first-order valence-corrected chi connectivity index (χ1v) is 6.94. The Morgan fingerprint density at radius 3 is 2.61 bits per heavy atom. The maximum absolute atomic E-state index is 4.66. The minimum atomic E-state index is 0.742. The van der Waals surface area contributed by atoms with Crippen molar-refractivity contribution in [2.24, 2.45) is 11.8 Å². The molecule has 0 amide bonds. The number of anilines is 2. The Morgan fingerprint density at radius 2 is 2.00 bits per heavy atom. The maximum atomic E-state index is 4.66. The van der Waals surface area contributed by atoms with Gasteiger partial charge in [-0.25, -0.2) is 4.98 Å². The fourth-order valence-electron chi connectivity index (χ4n) is 2.38. The molecule has 0 bridgehead atoms. The van der Waals surface area contributed by atoms with Crippen LogP contribution in [0.4, 0.5) is 11.8 Å². The minimum Gasteiger partial charge on any atom is -0.356 e. The lowest BCUT2D eigenvalue weighted by atomic mass is 10.0. The molecule has 1 saturated heterocycles. The Labute approximate surface area is 110 Å². The van der Waals surface area contributed by atoms with E-state index >= 15 is 0 Å². The molecule has 4 nitrogen and oxygen atoms in total. The van der Waals surface area contributed by atoms with Gasteiger partial charge in [0.25, 0.3) is 0 Å². The standard InChI is InChI=1S/C14H24N4/c1-5-6-15-14-16-7-10(2)13(17-14)18-8-11(3)12(4)9-18/h7,11-12H,5-6,8-9H2,1-4H3,(H,15,16,17). The van der Waals surface area contributed by atoms with Crippen molar-refractivity contribution in [3.63, 3.8) is 0 Å². The van der Waals surface area contributed by atoms with Crippen LogP contribution in [-0.2, 0) is 0 Å². The summed E-state index contributed by atoms with van der Waals surface area (Å²) in [6.45, 7) is 12.0. The van der Waals surface area contributed by atoms with Gasteiger partial charge in [0, 0.05) is 31.4 Å². The first kappa shape index (κ1) is 13.1. The van der Waals surface area contributed by atoms with Crippen molar-refractivity contribution in [3.8, 4) is 0 Å². The van der Waals surface area contributed by atoms with Crippen LogP contribution in [0.15, 0.2) is 6.20 Å². The van der Waals surface area contributed by atoms with Gasteiger partial charge in [0.1, 0.15) is 5.82 Å². The van der Waals surface area contributed by atoms with Gasteiger partial charge in [-0.05, 0) is 25.2 Å². The van der Waals surface area contributed by atoms with Crippen LogP contribution in [0, 0.1) is 18.8 Å². The number of aryl methyl sites for hydroxylation is 1. The lowest BCUT2D eigenvalue weighted by Gasteiger charge is -2.20. The van der Waals surface area contributed by atoms with E-state index in [0.717, 1.165) is 49.7 Å². The molecule has 0 saturated carbocycles. The average molecular weight is 248 g/mol. The summed E-state index contributed by atoms with van der Waals surface area (Å²) < 4.78 is 0. The number of rotatable bonds is 4. The highest BCUT2D eigenvalue weighted by Crippen LogP contribution is 2.28. The molecule has 0 aliphatic carbocycles. The Kier molecular flexibility index (Phi) is 4.04. The highest BCUT2D eigenvalue weighted by Gasteiger charge is 2.27. The zero-order chi connectivity index (χ0) is 13.1. The fraction of sp³-hybridized carbons (Fsp3) is 0.714. The third kappa shape index (κ3) is 2.74. The fourth-order valence-corrected chi connectivity index (χ4v) is 2.38. The van der Waals surface area contributed by atoms with Crippen LogP contribution < -0.4 is 10.2 Å². The second kappa shape index (κ2) is 5.55. The van der Waals surface area contributed by atoms with E-state index in [1.807, 2.05) is 6.20 Å². The van der Waals surface area contributed by atoms with E-state index in [0.29, 0.717) is 0 Å². The van der Waals surface area contributed by atoms with E-state index in [2.05, 4.69) is 47.9 Å². The van der Waals surface area contributed by atoms with E-state index < -0.39 is 0 Å². The Bertz CT molecular complexity index is 395. The third-order valence-electron chi connectivity index (χ3n) is 3.77. The van der Waals surface area contributed by atoms with Crippen molar-refractivity contribution in [1.29, 1.82) is 0 Å². The van der Waals surface area contributed by atoms with E-state index in [9.17, 15) is 0 Å². The molecule has 2 unspecified atom stereocenters. The first-order valence-electron chi connectivity index (χ1n) is 6.94. The summed E-state index contributed by atoms with van der Waals surface area (Å²) >= 11 is 0. The molecule has 4 heteroatoms. The third-order valence-corrected chi connectivity index (χ3v) is 3.77. The van der Waals surface area contributed by atoms with Gasteiger partial charge in [-0.1, -0.05) is 20.8 Å². The number of hydrogen-bond donors (Lipinski definition) is 1. The van der Waals surface area contributed by atoms with E-state index in [1.54, 1.807) is 0 Å². The van der Waals surface area contributed by atoms with Gasteiger partial charge in [0.2, 0.25) is 5.95 Å². The molecule has 18 heavy (non-hydrogen) atoms. The lowest BCUT2D eigenvalue weighted by molar-refractivity contribution is 0.494. The van der Waals surface area contributed by atoms with E-state index in [4.69, 9.17) is 0 Å². The zero-order valence-electron chi connectivity index (χ0n) is 11.9. The predicted molar refractivity (Wildman–Crippen MR) is 76.1 cm³/mol. The van der Waals surface area contributed by atoms with E-state index in [1.165, 1.54) is 5.56 Å².